The van der Waals surface area contributed by atoms with Crippen LogP contribution in [0.3, 0.4) is 0 Å². The first-order valence-corrected chi connectivity index (χ1v) is 6.91. The van der Waals surface area contributed by atoms with E-state index in [2.05, 4.69) is 22.9 Å². The quantitative estimate of drug-likeness (QED) is 0.917. The fourth-order valence-corrected chi connectivity index (χ4v) is 2.22. The Morgan fingerprint density at radius 3 is 2.81 bits per heavy atom. The minimum Gasteiger partial charge on any atom is -0.391 e. The van der Waals surface area contributed by atoms with Gasteiger partial charge in [-0.25, -0.2) is 9.78 Å². The standard InChI is InChI=1S/C15H21N3O3/c1-10(18(2)3)14-12(11-6-8-20-9-7-11)4-5-13(17-14)21-15(16)19/h4-6,10H,7-9H2,1-3H3,(H2,16,19). The molecule has 0 spiro atoms. The number of primary amides is 1. The zero-order valence-electron chi connectivity index (χ0n) is 12.6. The molecule has 21 heavy (non-hydrogen) atoms. The maximum atomic E-state index is 10.9. The first kappa shape index (κ1) is 15.5. The van der Waals surface area contributed by atoms with Gasteiger partial charge in [0.1, 0.15) is 0 Å². The fourth-order valence-electron chi connectivity index (χ4n) is 2.22. The third-order valence-corrected chi connectivity index (χ3v) is 3.58. The molecule has 1 atom stereocenters. The Morgan fingerprint density at radius 1 is 1.48 bits per heavy atom. The van der Waals surface area contributed by atoms with Crippen molar-refractivity contribution in [3.8, 4) is 5.88 Å². The van der Waals surface area contributed by atoms with Crippen LogP contribution in [-0.4, -0.2) is 43.3 Å². The number of nitrogens with two attached hydrogens (primary N) is 1. The summed E-state index contributed by atoms with van der Waals surface area (Å²) in [5.41, 5.74) is 8.20. The maximum Gasteiger partial charge on any atom is 0.411 e. The van der Waals surface area contributed by atoms with Crippen LogP contribution < -0.4 is 10.5 Å². The first-order valence-electron chi connectivity index (χ1n) is 6.91. The Balaban J connectivity index is 2.43. The van der Waals surface area contributed by atoms with Crippen molar-refractivity contribution >= 4 is 11.7 Å². The van der Waals surface area contributed by atoms with Gasteiger partial charge < -0.3 is 20.1 Å². The molecule has 0 aromatic carbocycles. The molecular weight excluding hydrogens is 270 g/mol. The fraction of sp³-hybridized carbons (Fsp3) is 0.467. The molecule has 6 nitrogen and oxygen atoms in total. The predicted molar refractivity (Wildman–Crippen MR) is 80.0 cm³/mol. The molecule has 2 N–H and O–H groups in total. The average molecular weight is 291 g/mol. The summed E-state index contributed by atoms with van der Waals surface area (Å²) in [6, 6.07) is 3.68. The molecule has 6 heteroatoms. The SMILES string of the molecule is CC(c1nc(OC(N)=O)ccc1C1=CCOCC1)N(C)C. The number of aromatic nitrogens is 1. The minimum atomic E-state index is -0.857. The molecule has 1 aliphatic rings. The van der Waals surface area contributed by atoms with Gasteiger partial charge in [-0.15, -0.1) is 0 Å². The van der Waals surface area contributed by atoms with Crippen molar-refractivity contribution in [2.24, 2.45) is 5.73 Å². The first-order chi connectivity index (χ1) is 9.99. The predicted octanol–water partition coefficient (Wildman–Crippen LogP) is 1.97. The van der Waals surface area contributed by atoms with Crippen LogP contribution in [0.1, 0.15) is 30.6 Å². The van der Waals surface area contributed by atoms with Crippen LogP contribution in [0.5, 0.6) is 5.88 Å². The number of carbonyl (C=O) groups excluding carboxylic acids is 1. The van der Waals surface area contributed by atoms with Gasteiger partial charge in [-0.05, 0) is 39.1 Å². The molecular formula is C15H21N3O3. The highest BCUT2D eigenvalue weighted by atomic mass is 16.6. The molecule has 0 radical (unpaired) electrons. The van der Waals surface area contributed by atoms with E-state index in [1.807, 2.05) is 20.2 Å². The van der Waals surface area contributed by atoms with E-state index in [0.29, 0.717) is 13.2 Å². The summed E-state index contributed by atoms with van der Waals surface area (Å²) in [5, 5.41) is 0. The zero-order chi connectivity index (χ0) is 15.4. The van der Waals surface area contributed by atoms with Crippen molar-refractivity contribution in [2.45, 2.75) is 19.4 Å². The molecule has 1 aromatic heterocycles. The molecule has 1 aromatic rings. The smallest absolute Gasteiger partial charge is 0.391 e. The Hall–Kier alpha value is -1.92. The number of ether oxygens (including phenoxy) is 2. The van der Waals surface area contributed by atoms with E-state index in [9.17, 15) is 4.79 Å². The van der Waals surface area contributed by atoms with Crippen LogP contribution >= 0.6 is 0 Å². The minimum absolute atomic E-state index is 0.0835. The highest BCUT2D eigenvalue weighted by molar-refractivity contribution is 5.70. The monoisotopic (exact) mass is 291 g/mol. The summed E-state index contributed by atoms with van der Waals surface area (Å²) < 4.78 is 10.2. The van der Waals surface area contributed by atoms with Crippen LogP contribution in [0.4, 0.5) is 4.79 Å². The number of carbonyl (C=O) groups is 1. The summed E-state index contributed by atoms with van der Waals surface area (Å²) in [5.74, 6) is 0.225. The van der Waals surface area contributed by atoms with Gasteiger partial charge in [0, 0.05) is 17.7 Å². The molecule has 114 valence electrons. The van der Waals surface area contributed by atoms with Gasteiger partial charge in [0.25, 0.3) is 0 Å². The van der Waals surface area contributed by atoms with Gasteiger partial charge in [-0.1, -0.05) is 6.08 Å². The summed E-state index contributed by atoms with van der Waals surface area (Å²) >= 11 is 0. The Morgan fingerprint density at radius 2 is 2.24 bits per heavy atom. The lowest BCUT2D eigenvalue weighted by Crippen LogP contribution is -2.22. The van der Waals surface area contributed by atoms with Crippen LogP contribution in [-0.2, 0) is 4.74 Å². The van der Waals surface area contributed by atoms with Crippen molar-refractivity contribution < 1.29 is 14.3 Å². The van der Waals surface area contributed by atoms with Crippen LogP contribution in [0.15, 0.2) is 18.2 Å². The molecule has 1 unspecified atom stereocenters. The van der Waals surface area contributed by atoms with Gasteiger partial charge >= 0.3 is 6.09 Å². The maximum absolute atomic E-state index is 10.9. The Kier molecular flexibility index (Phi) is 4.93. The van der Waals surface area contributed by atoms with Gasteiger partial charge in [-0.3, -0.25) is 0 Å². The number of pyridine rings is 1. The topological polar surface area (TPSA) is 77.7 Å². The summed E-state index contributed by atoms with van der Waals surface area (Å²) in [6.07, 6.45) is 2.07. The molecule has 2 rings (SSSR count). The number of hydrogen-bond donors (Lipinski definition) is 1. The lowest BCUT2D eigenvalue weighted by atomic mass is 9.97. The third-order valence-electron chi connectivity index (χ3n) is 3.58. The Bertz CT molecular complexity index is 555. The molecule has 0 fully saturated rings. The summed E-state index contributed by atoms with van der Waals surface area (Å²) in [6.45, 7) is 3.38. The number of nitrogens with zero attached hydrogens (tertiary/aromatic N) is 2. The second-order valence-electron chi connectivity index (χ2n) is 5.20. The van der Waals surface area contributed by atoms with Crippen molar-refractivity contribution in [1.82, 2.24) is 9.88 Å². The molecule has 0 bridgehead atoms. The number of amides is 1. The van der Waals surface area contributed by atoms with E-state index in [1.165, 1.54) is 5.57 Å². The van der Waals surface area contributed by atoms with Crippen molar-refractivity contribution in [3.05, 3.63) is 29.5 Å². The normalized spacial score (nSPS) is 16.5. The number of hydrogen-bond acceptors (Lipinski definition) is 5. The van der Waals surface area contributed by atoms with E-state index in [0.717, 1.165) is 17.7 Å². The molecule has 0 aliphatic carbocycles. The van der Waals surface area contributed by atoms with E-state index in [4.69, 9.17) is 15.2 Å². The molecule has 1 amide bonds. The van der Waals surface area contributed by atoms with Crippen LogP contribution in [0, 0.1) is 0 Å². The zero-order valence-corrected chi connectivity index (χ0v) is 12.6. The summed E-state index contributed by atoms with van der Waals surface area (Å²) in [4.78, 5) is 17.4. The van der Waals surface area contributed by atoms with E-state index in [-0.39, 0.29) is 11.9 Å². The van der Waals surface area contributed by atoms with E-state index < -0.39 is 6.09 Å². The highest BCUT2D eigenvalue weighted by Crippen LogP contribution is 2.30. The molecule has 0 saturated heterocycles. The van der Waals surface area contributed by atoms with E-state index >= 15 is 0 Å². The van der Waals surface area contributed by atoms with Crippen molar-refractivity contribution in [1.29, 1.82) is 0 Å². The third kappa shape index (κ3) is 3.80. The Labute approximate surface area is 124 Å². The highest BCUT2D eigenvalue weighted by Gasteiger charge is 2.19. The molecule has 2 heterocycles. The second kappa shape index (κ2) is 6.69. The van der Waals surface area contributed by atoms with Gasteiger partial charge in [0.2, 0.25) is 5.88 Å². The second-order valence-corrected chi connectivity index (χ2v) is 5.20. The lowest BCUT2D eigenvalue weighted by molar-refractivity contribution is 0.161. The molecule has 0 saturated carbocycles. The van der Waals surface area contributed by atoms with Crippen LogP contribution in [0.2, 0.25) is 0 Å². The van der Waals surface area contributed by atoms with Gasteiger partial charge in [0.05, 0.1) is 18.9 Å². The lowest BCUT2D eigenvalue weighted by Gasteiger charge is -2.24. The van der Waals surface area contributed by atoms with Crippen molar-refractivity contribution in [3.63, 3.8) is 0 Å². The van der Waals surface area contributed by atoms with E-state index in [1.54, 1.807) is 6.07 Å². The number of rotatable bonds is 4. The largest absolute Gasteiger partial charge is 0.411 e. The average Bonchev–Trinajstić information content (AvgIpc) is 2.46. The van der Waals surface area contributed by atoms with Crippen molar-refractivity contribution in [2.75, 3.05) is 27.3 Å². The summed E-state index contributed by atoms with van der Waals surface area (Å²) in [7, 11) is 3.96. The van der Waals surface area contributed by atoms with Gasteiger partial charge in [0.15, 0.2) is 0 Å². The van der Waals surface area contributed by atoms with Crippen LogP contribution in [0.25, 0.3) is 5.57 Å². The molecule has 1 aliphatic heterocycles. The van der Waals surface area contributed by atoms with Gasteiger partial charge in [-0.2, -0.15) is 0 Å².